The predicted octanol–water partition coefficient (Wildman–Crippen LogP) is 3.67. The number of nitro groups is 1. The first-order valence-electron chi connectivity index (χ1n) is 8.06. The number of hydrogen-bond donors (Lipinski definition) is 2. The van der Waals surface area contributed by atoms with E-state index in [0.29, 0.717) is 5.69 Å². The number of carbonyl (C=O) groups excluding carboxylic acids is 2. The van der Waals surface area contributed by atoms with Crippen LogP contribution in [-0.2, 0) is 0 Å². The van der Waals surface area contributed by atoms with Crippen molar-refractivity contribution < 1.29 is 14.5 Å². The van der Waals surface area contributed by atoms with Crippen LogP contribution in [0.15, 0.2) is 71.1 Å². The molecule has 8 nitrogen and oxygen atoms in total. The molecule has 0 spiro atoms. The van der Waals surface area contributed by atoms with Crippen LogP contribution in [-0.4, -0.2) is 23.0 Å². The van der Waals surface area contributed by atoms with Crippen molar-refractivity contribution in [3.63, 3.8) is 0 Å². The maximum Gasteiger partial charge on any atom is 0.273 e. The Labute approximate surface area is 163 Å². The third kappa shape index (κ3) is 4.65. The fraction of sp³-hybridized carbons (Fsp3) is 0. The summed E-state index contributed by atoms with van der Waals surface area (Å²) in [5, 5.41) is 19.1. The van der Waals surface area contributed by atoms with E-state index in [9.17, 15) is 19.7 Å². The number of hydrogen-bond acceptors (Lipinski definition) is 6. The summed E-state index contributed by atoms with van der Waals surface area (Å²) in [7, 11) is 0. The monoisotopic (exact) mass is 394 g/mol. The summed E-state index contributed by atoms with van der Waals surface area (Å²) in [5.74, 6) is -0.968. The van der Waals surface area contributed by atoms with Gasteiger partial charge >= 0.3 is 0 Å². The molecule has 0 radical (unpaired) electrons. The van der Waals surface area contributed by atoms with E-state index >= 15 is 0 Å². The number of nitro benzene ring substituents is 1. The molecule has 0 atom stereocenters. The molecule has 2 amide bonds. The van der Waals surface area contributed by atoms with Gasteiger partial charge in [0.2, 0.25) is 0 Å². The second-order valence-corrected chi connectivity index (χ2v) is 6.50. The maximum atomic E-state index is 12.4. The highest BCUT2D eigenvalue weighted by atomic mass is 32.1. The molecule has 0 bridgehead atoms. The lowest BCUT2D eigenvalue weighted by molar-refractivity contribution is -0.384. The van der Waals surface area contributed by atoms with Gasteiger partial charge in [0.15, 0.2) is 0 Å². The highest BCUT2D eigenvalue weighted by Gasteiger charge is 2.14. The fourth-order valence-corrected chi connectivity index (χ4v) is 2.88. The fourth-order valence-electron chi connectivity index (χ4n) is 2.30. The zero-order valence-electron chi connectivity index (χ0n) is 14.4. The lowest BCUT2D eigenvalue weighted by Crippen LogP contribution is -2.21. The van der Waals surface area contributed by atoms with Gasteiger partial charge in [0.1, 0.15) is 0 Å². The van der Waals surface area contributed by atoms with Crippen LogP contribution in [0.3, 0.4) is 0 Å². The molecule has 1 heterocycles. The van der Waals surface area contributed by atoms with E-state index in [1.54, 1.807) is 24.3 Å². The van der Waals surface area contributed by atoms with Crippen molar-refractivity contribution >= 4 is 40.7 Å². The van der Waals surface area contributed by atoms with Crippen LogP contribution in [0.25, 0.3) is 0 Å². The number of carbonyl (C=O) groups is 2. The minimum Gasteiger partial charge on any atom is -0.321 e. The molecule has 2 aromatic carbocycles. The van der Waals surface area contributed by atoms with E-state index in [2.05, 4.69) is 15.8 Å². The summed E-state index contributed by atoms with van der Waals surface area (Å²) in [6, 6.07) is 15.4. The minimum absolute atomic E-state index is 0.111. The van der Waals surface area contributed by atoms with Gasteiger partial charge in [0, 0.05) is 22.6 Å². The predicted molar refractivity (Wildman–Crippen MR) is 107 cm³/mol. The van der Waals surface area contributed by atoms with Crippen LogP contribution in [0.1, 0.15) is 25.6 Å². The molecule has 0 aliphatic rings. The van der Waals surface area contributed by atoms with Crippen molar-refractivity contribution in [1.82, 2.24) is 5.43 Å². The highest BCUT2D eigenvalue weighted by molar-refractivity contribution is 7.11. The molecule has 2 N–H and O–H groups in total. The number of nitrogens with zero attached hydrogens (tertiary/aromatic N) is 2. The molecule has 0 aliphatic carbocycles. The second kappa shape index (κ2) is 8.69. The Hall–Kier alpha value is -3.85. The molecule has 140 valence electrons. The number of para-hydroxylation sites is 1. The van der Waals surface area contributed by atoms with E-state index in [4.69, 9.17) is 0 Å². The van der Waals surface area contributed by atoms with Crippen LogP contribution in [0, 0.1) is 10.1 Å². The standard InChI is InChI=1S/C19H14N4O4S/c24-18(13-7-9-14(10-8-13)23(26)27)21-17-6-2-1-5-16(17)19(25)22-20-12-15-4-3-11-28-15/h1-12H,(H,21,24)(H,22,25). The first-order chi connectivity index (χ1) is 13.5. The Bertz CT molecular complexity index is 1030. The molecule has 0 saturated heterocycles. The number of anilines is 1. The molecular weight excluding hydrogens is 380 g/mol. The zero-order valence-corrected chi connectivity index (χ0v) is 15.2. The number of thiophene rings is 1. The normalized spacial score (nSPS) is 10.6. The SMILES string of the molecule is O=C(Nc1ccccc1C(=O)NN=Cc1cccs1)c1ccc([N+](=O)[O-])cc1. The summed E-state index contributed by atoms with van der Waals surface area (Å²) in [6.07, 6.45) is 1.53. The molecule has 28 heavy (non-hydrogen) atoms. The topological polar surface area (TPSA) is 114 Å². The van der Waals surface area contributed by atoms with E-state index in [0.717, 1.165) is 4.88 Å². The summed E-state index contributed by atoms with van der Waals surface area (Å²) in [6.45, 7) is 0. The van der Waals surface area contributed by atoms with E-state index in [1.807, 2.05) is 17.5 Å². The number of amides is 2. The Balaban J connectivity index is 1.71. The molecule has 3 rings (SSSR count). The number of nitrogens with one attached hydrogen (secondary N) is 2. The molecular formula is C19H14N4O4S. The van der Waals surface area contributed by atoms with E-state index < -0.39 is 16.7 Å². The third-order valence-electron chi connectivity index (χ3n) is 3.66. The molecule has 0 unspecified atom stereocenters. The zero-order chi connectivity index (χ0) is 19.9. The smallest absolute Gasteiger partial charge is 0.273 e. The van der Waals surface area contributed by atoms with Gasteiger partial charge in [0.25, 0.3) is 17.5 Å². The van der Waals surface area contributed by atoms with Gasteiger partial charge in [-0.3, -0.25) is 19.7 Å². The van der Waals surface area contributed by atoms with Gasteiger partial charge in [-0.15, -0.1) is 11.3 Å². The average Bonchev–Trinajstić information content (AvgIpc) is 3.22. The second-order valence-electron chi connectivity index (χ2n) is 5.52. The summed E-state index contributed by atoms with van der Waals surface area (Å²) in [4.78, 5) is 35.8. The Morgan fingerprint density at radius 3 is 2.43 bits per heavy atom. The van der Waals surface area contributed by atoms with Crippen LogP contribution >= 0.6 is 11.3 Å². The summed E-state index contributed by atoms with van der Waals surface area (Å²) >= 11 is 1.48. The molecule has 0 aliphatic heterocycles. The van der Waals surface area contributed by atoms with Crippen molar-refractivity contribution in [1.29, 1.82) is 0 Å². The van der Waals surface area contributed by atoms with Gasteiger partial charge in [-0.05, 0) is 35.7 Å². The van der Waals surface area contributed by atoms with Crippen LogP contribution in [0.2, 0.25) is 0 Å². The summed E-state index contributed by atoms with van der Waals surface area (Å²) in [5.41, 5.74) is 3.08. The molecule has 0 saturated carbocycles. The number of benzene rings is 2. The maximum absolute atomic E-state index is 12.4. The van der Waals surface area contributed by atoms with Crippen molar-refractivity contribution in [2.75, 3.05) is 5.32 Å². The molecule has 0 fully saturated rings. The molecule has 9 heteroatoms. The highest BCUT2D eigenvalue weighted by Crippen LogP contribution is 2.18. The van der Waals surface area contributed by atoms with Crippen LogP contribution < -0.4 is 10.7 Å². The van der Waals surface area contributed by atoms with Gasteiger partial charge in [-0.1, -0.05) is 18.2 Å². The van der Waals surface area contributed by atoms with Gasteiger partial charge in [-0.2, -0.15) is 5.10 Å². The summed E-state index contributed by atoms with van der Waals surface area (Å²) < 4.78 is 0. The minimum atomic E-state index is -0.544. The van der Waals surface area contributed by atoms with Crippen LogP contribution in [0.4, 0.5) is 11.4 Å². The van der Waals surface area contributed by atoms with E-state index in [1.165, 1.54) is 41.8 Å². The lowest BCUT2D eigenvalue weighted by Gasteiger charge is -2.10. The van der Waals surface area contributed by atoms with Gasteiger partial charge in [0.05, 0.1) is 22.4 Å². The molecule has 1 aromatic heterocycles. The first-order valence-corrected chi connectivity index (χ1v) is 8.94. The lowest BCUT2D eigenvalue weighted by atomic mass is 10.1. The quantitative estimate of drug-likeness (QED) is 0.377. The van der Waals surface area contributed by atoms with Crippen LogP contribution in [0.5, 0.6) is 0 Å². The van der Waals surface area contributed by atoms with Crippen molar-refractivity contribution in [3.8, 4) is 0 Å². The average molecular weight is 394 g/mol. The van der Waals surface area contributed by atoms with Gasteiger partial charge < -0.3 is 5.32 Å². The molecule has 3 aromatic rings. The van der Waals surface area contributed by atoms with E-state index in [-0.39, 0.29) is 16.8 Å². The van der Waals surface area contributed by atoms with Crippen molar-refractivity contribution in [2.24, 2.45) is 5.10 Å². The van der Waals surface area contributed by atoms with Crippen molar-refractivity contribution in [3.05, 3.63) is 92.2 Å². The Morgan fingerprint density at radius 2 is 1.75 bits per heavy atom. The number of rotatable bonds is 6. The number of hydrazone groups is 1. The third-order valence-corrected chi connectivity index (χ3v) is 4.47. The van der Waals surface area contributed by atoms with Gasteiger partial charge in [-0.25, -0.2) is 5.43 Å². The number of non-ortho nitro benzene ring substituents is 1. The first kappa shape index (κ1) is 18.9. The van der Waals surface area contributed by atoms with Crippen molar-refractivity contribution in [2.45, 2.75) is 0 Å². The Kier molecular flexibility index (Phi) is 5.87. The largest absolute Gasteiger partial charge is 0.321 e. The Morgan fingerprint density at radius 1 is 1.00 bits per heavy atom.